The first kappa shape index (κ1) is 26.0. The largest absolute Gasteiger partial charge is 0.497 e. The van der Waals surface area contributed by atoms with Gasteiger partial charge in [0.1, 0.15) is 22.4 Å². The second-order valence-electron chi connectivity index (χ2n) is 8.74. The summed E-state index contributed by atoms with van der Waals surface area (Å²) in [6, 6.07) is 15.8. The summed E-state index contributed by atoms with van der Waals surface area (Å²) >= 11 is 0. The lowest BCUT2D eigenvalue weighted by atomic mass is 10.0. The molecule has 0 radical (unpaired) electrons. The third-order valence-electron chi connectivity index (χ3n) is 6.31. The van der Waals surface area contributed by atoms with Crippen molar-refractivity contribution in [3.8, 4) is 11.5 Å². The molecule has 0 spiro atoms. The number of carbonyl (C=O) groups is 2. The van der Waals surface area contributed by atoms with Crippen molar-refractivity contribution in [2.45, 2.75) is 37.8 Å². The Morgan fingerprint density at radius 1 is 1.00 bits per heavy atom. The fourth-order valence-electron chi connectivity index (χ4n) is 4.18. The van der Waals surface area contributed by atoms with Gasteiger partial charge >= 0.3 is 0 Å². The Labute approximate surface area is 216 Å². The van der Waals surface area contributed by atoms with Crippen LogP contribution in [0.4, 0.5) is 11.4 Å². The molecule has 1 atom stereocenters. The van der Waals surface area contributed by atoms with Gasteiger partial charge in [-0.1, -0.05) is 30.3 Å². The second-order valence-corrected chi connectivity index (χ2v) is 10.5. The smallest absolute Gasteiger partial charge is 0.268 e. The average Bonchev–Trinajstić information content (AvgIpc) is 2.89. The van der Waals surface area contributed by atoms with Crippen LogP contribution in [0.2, 0.25) is 0 Å². The summed E-state index contributed by atoms with van der Waals surface area (Å²) in [6.07, 6.45) is -0.378. The number of methoxy groups -OCH3 is 2. The lowest BCUT2D eigenvalue weighted by Gasteiger charge is -2.37. The molecule has 0 saturated carbocycles. The summed E-state index contributed by atoms with van der Waals surface area (Å²) in [5, 5.41) is 5.56. The maximum absolute atomic E-state index is 14.2. The molecule has 0 saturated heterocycles. The fourth-order valence-corrected chi connectivity index (χ4v) is 5.98. The molecule has 2 amide bonds. The molecule has 1 aliphatic rings. The Morgan fingerprint density at radius 2 is 1.70 bits per heavy atom. The molecule has 9 nitrogen and oxygen atoms in total. The van der Waals surface area contributed by atoms with Crippen molar-refractivity contribution < 1.29 is 27.5 Å². The number of benzene rings is 3. The van der Waals surface area contributed by atoms with E-state index in [1.165, 1.54) is 26.4 Å². The van der Waals surface area contributed by atoms with E-state index in [-0.39, 0.29) is 29.3 Å². The van der Waals surface area contributed by atoms with E-state index in [0.29, 0.717) is 11.4 Å². The van der Waals surface area contributed by atoms with Gasteiger partial charge < -0.3 is 20.1 Å². The fraction of sp³-hybridized carbons (Fsp3) is 0.259. The number of rotatable bonds is 8. The number of carbonyl (C=O) groups excluding carboxylic acids is 2. The highest BCUT2D eigenvalue weighted by Gasteiger charge is 2.43. The molecule has 0 fully saturated rings. The van der Waals surface area contributed by atoms with Crippen LogP contribution in [0.15, 0.2) is 65.6 Å². The molecule has 1 heterocycles. The topological polar surface area (TPSA) is 114 Å². The molecule has 4 rings (SSSR count). The summed E-state index contributed by atoms with van der Waals surface area (Å²) in [4.78, 5) is 26.0. The predicted molar refractivity (Wildman–Crippen MR) is 140 cm³/mol. The SMILES string of the molecule is COc1ccc(OC)c(S(=O)(=O)N2c3cc(C)c(C)cc3NC(=O)C2CC(=O)NCc2ccccc2)c1. The Hall–Kier alpha value is -4.05. The molecular weight excluding hydrogens is 494 g/mol. The Balaban J connectivity index is 1.78. The van der Waals surface area contributed by atoms with Gasteiger partial charge in [-0.05, 0) is 54.8 Å². The van der Waals surface area contributed by atoms with Gasteiger partial charge in [0.25, 0.3) is 10.0 Å². The summed E-state index contributed by atoms with van der Waals surface area (Å²) in [7, 11) is -1.60. The quantitative estimate of drug-likeness (QED) is 0.467. The maximum Gasteiger partial charge on any atom is 0.268 e. The minimum absolute atomic E-state index is 0.0874. The van der Waals surface area contributed by atoms with E-state index >= 15 is 0 Å². The van der Waals surface area contributed by atoms with Gasteiger partial charge in [0.2, 0.25) is 11.8 Å². The number of anilines is 2. The molecule has 3 aromatic rings. The molecule has 1 unspecified atom stereocenters. The summed E-state index contributed by atoms with van der Waals surface area (Å²) < 4.78 is 40.0. The van der Waals surface area contributed by atoms with E-state index in [1.807, 2.05) is 44.2 Å². The van der Waals surface area contributed by atoms with Crippen LogP contribution in [-0.4, -0.2) is 40.5 Å². The minimum Gasteiger partial charge on any atom is -0.497 e. The zero-order valence-electron chi connectivity index (χ0n) is 21.1. The number of aryl methyl sites for hydroxylation is 2. The van der Waals surface area contributed by atoms with Crippen LogP contribution in [0.3, 0.4) is 0 Å². The molecule has 10 heteroatoms. The highest BCUT2D eigenvalue weighted by Crippen LogP contribution is 2.41. The van der Waals surface area contributed by atoms with E-state index in [1.54, 1.807) is 18.2 Å². The van der Waals surface area contributed by atoms with Crippen molar-refractivity contribution >= 4 is 33.2 Å². The lowest BCUT2D eigenvalue weighted by Crippen LogP contribution is -2.52. The van der Waals surface area contributed by atoms with Crippen LogP contribution in [0, 0.1) is 13.8 Å². The van der Waals surface area contributed by atoms with Crippen molar-refractivity contribution in [3.63, 3.8) is 0 Å². The van der Waals surface area contributed by atoms with Crippen molar-refractivity contribution in [2.24, 2.45) is 0 Å². The Bertz CT molecular complexity index is 1440. The molecule has 194 valence electrons. The first-order valence-electron chi connectivity index (χ1n) is 11.6. The standard InChI is InChI=1S/C27H29N3O6S/c1-17-12-21-22(13-18(17)2)30(37(33,34)25-14-20(35-3)10-11-24(25)36-4)23(27(32)29-21)15-26(31)28-16-19-8-6-5-7-9-19/h5-14,23H,15-16H2,1-4H3,(H,28,31)(H,29,32). The van der Waals surface area contributed by atoms with Crippen molar-refractivity contribution in [1.82, 2.24) is 5.32 Å². The van der Waals surface area contributed by atoms with Crippen LogP contribution in [0.5, 0.6) is 11.5 Å². The summed E-state index contributed by atoms with van der Waals surface area (Å²) in [5.74, 6) is -0.673. The Kier molecular flexibility index (Phi) is 7.40. The van der Waals surface area contributed by atoms with Gasteiger partial charge in [0.05, 0.1) is 32.0 Å². The van der Waals surface area contributed by atoms with Crippen LogP contribution in [0.25, 0.3) is 0 Å². The number of hydrogen-bond donors (Lipinski definition) is 2. The lowest BCUT2D eigenvalue weighted by molar-refractivity contribution is -0.125. The number of nitrogens with one attached hydrogen (secondary N) is 2. The molecule has 1 aliphatic heterocycles. The van der Waals surface area contributed by atoms with E-state index in [4.69, 9.17) is 9.47 Å². The Morgan fingerprint density at radius 3 is 2.38 bits per heavy atom. The van der Waals surface area contributed by atoms with Crippen LogP contribution in [0.1, 0.15) is 23.1 Å². The molecule has 2 N–H and O–H groups in total. The van der Waals surface area contributed by atoms with Crippen LogP contribution >= 0.6 is 0 Å². The van der Waals surface area contributed by atoms with Gasteiger partial charge in [-0.25, -0.2) is 8.42 Å². The number of hydrogen-bond acceptors (Lipinski definition) is 6. The molecule has 37 heavy (non-hydrogen) atoms. The molecule has 0 bridgehead atoms. The highest BCUT2D eigenvalue weighted by molar-refractivity contribution is 7.93. The van der Waals surface area contributed by atoms with Gasteiger partial charge in [-0.15, -0.1) is 0 Å². The minimum atomic E-state index is -4.39. The number of ether oxygens (including phenoxy) is 2. The first-order valence-corrected chi connectivity index (χ1v) is 13.1. The summed E-state index contributed by atoms with van der Waals surface area (Å²) in [6.45, 7) is 3.97. The van der Waals surface area contributed by atoms with E-state index in [0.717, 1.165) is 21.0 Å². The third kappa shape index (κ3) is 5.24. The van der Waals surface area contributed by atoms with E-state index < -0.39 is 27.9 Å². The molecular formula is C27H29N3O6S. The number of nitrogens with zero attached hydrogens (tertiary/aromatic N) is 1. The molecule has 3 aromatic carbocycles. The van der Waals surface area contributed by atoms with Crippen molar-refractivity contribution in [3.05, 3.63) is 77.4 Å². The van der Waals surface area contributed by atoms with Gasteiger partial charge in [-0.3, -0.25) is 13.9 Å². The molecule has 0 aliphatic carbocycles. The molecule has 0 aromatic heterocycles. The third-order valence-corrected chi connectivity index (χ3v) is 8.16. The van der Waals surface area contributed by atoms with Crippen LogP contribution in [-0.2, 0) is 26.2 Å². The number of sulfonamides is 1. The van der Waals surface area contributed by atoms with Crippen molar-refractivity contribution in [1.29, 1.82) is 0 Å². The van der Waals surface area contributed by atoms with Crippen LogP contribution < -0.4 is 24.4 Å². The summed E-state index contributed by atoms with van der Waals surface area (Å²) in [5.41, 5.74) is 3.22. The maximum atomic E-state index is 14.2. The zero-order chi connectivity index (χ0) is 26.7. The predicted octanol–water partition coefficient (Wildman–Crippen LogP) is 3.54. The van der Waals surface area contributed by atoms with Gasteiger partial charge in [0.15, 0.2) is 0 Å². The average molecular weight is 524 g/mol. The van der Waals surface area contributed by atoms with Gasteiger partial charge in [0, 0.05) is 12.6 Å². The van der Waals surface area contributed by atoms with Crippen molar-refractivity contribution in [2.75, 3.05) is 23.8 Å². The normalized spacial score (nSPS) is 15.0. The van der Waals surface area contributed by atoms with Gasteiger partial charge in [-0.2, -0.15) is 0 Å². The number of fused-ring (bicyclic) bond motifs is 1. The van der Waals surface area contributed by atoms with E-state index in [2.05, 4.69) is 10.6 Å². The zero-order valence-corrected chi connectivity index (χ0v) is 21.9. The van der Waals surface area contributed by atoms with E-state index in [9.17, 15) is 18.0 Å². The monoisotopic (exact) mass is 523 g/mol. The number of amides is 2. The second kappa shape index (κ2) is 10.5. The first-order chi connectivity index (χ1) is 17.6. The highest BCUT2D eigenvalue weighted by atomic mass is 32.2.